The summed E-state index contributed by atoms with van der Waals surface area (Å²) in [6.07, 6.45) is 0.406. The number of benzene rings is 2. The van der Waals surface area contributed by atoms with Crippen molar-refractivity contribution in [3.05, 3.63) is 66.2 Å². The molecule has 0 radical (unpaired) electrons. The third kappa shape index (κ3) is 5.17. The molecule has 2 heterocycles. The summed E-state index contributed by atoms with van der Waals surface area (Å²) in [7, 11) is 1.65. The van der Waals surface area contributed by atoms with Crippen LogP contribution in [0.4, 0.5) is 5.82 Å². The molecule has 7 nitrogen and oxygen atoms in total. The number of carbonyl (C=O) groups is 1. The summed E-state index contributed by atoms with van der Waals surface area (Å²) in [5, 5.41) is 8.80. The first kappa shape index (κ1) is 21.6. The van der Waals surface area contributed by atoms with Crippen molar-refractivity contribution >= 4 is 11.7 Å². The van der Waals surface area contributed by atoms with Crippen molar-refractivity contribution in [2.75, 3.05) is 44.8 Å². The maximum absolute atomic E-state index is 12.7. The van der Waals surface area contributed by atoms with E-state index < -0.39 is 0 Å². The molecule has 0 unspecified atom stereocenters. The Labute approximate surface area is 188 Å². The second-order valence-electron chi connectivity index (χ2n) is 7.63. The average Bonchev–Trinajstić information content (AvgIpc) is 2.86. The Morgan fingerprint density at radius 2 is 1.56 bits per heavy atom. The van der Waals surface area contributed by atoms with Gasteiger partial charge in [-0.1, -0.05) is 12.1 Å². The third-order valence-corrected chi connectivity index (χ3v) is 5.58. The Bertz CT molecular complexity index is 1010. The van der Waals surface area contributed by atoms with Crippen LogP contribution < -0.4 is 14.4 Å². The molecule has 0 saturated carbocycles. The van der Waals surface area contributed by atoms with Gasteiger partial charge in [-0.25, -0.2) is 0 Å². The van der Waals surface area contributed by atoms with E-state index in [4.69, 9.17) is 9.47 Å². The quantitative estimate of drug-likeness (QED) is 0.570. The van der Waals surface area contributed by atoms with Gasteiger partial charge in [0.05, 0.1) is 25.8 Å². The molecular formula is C25H28N4O3. The Morgan fingerprint density at radius 3 is 2.16 bits per heavy atom. The fraction of sp³-hybridized carbons (Fsp3) is 0.320. The van der Waals surface area contributed by atoms with Crippen molar-refractivity contribution < 1.29 is 14.3 Å². The van der Waals surface area contributed by atoms with Gasteiger partial charge in [0.1, 0.15) is 11.5 Å². The molecule has 1 aromatic heterocycles. The molecule has 1 saturated heterocycles. The Balaban J connectivity index is 1.30. The Kier molecular flexibility index (Phi) is 6.84. The van der Waals surface area contributed by atoms with E-state index in [9.17, 15) is 4.79 Å². The minimum absolute atomic E-state index is 0.148. The summed E-state index contributed by atoms with van der Waals surface area (Å²) in [5.41, 5.74) is 2.82. The van der Waals surface area contributed by atoms with E-state index in [0.29, 0.717) is 26.1 Å². The third-order valence-electron chi connectivity index (χ3n) is 5.58. The number of aromatic nitrogens is 2. The molecule has 1 fully saturated rings. The van der Waals surface area contributed by atoms with Crippen LogP contribution >= 0.6 is 0 Å². The highest BCUT2D eigenvalue weighted by Crippen LogP contribution is 2.22. The molecule has 1 aliphatic rings. The number of amides is 1. The molecular weight excluding hydrogens is 404 g/mol. The van der Waals surface area contributed by atoms with Crippen molar-refractivity contribution in [2.45, 2.75) is 13.3 Å². The predicted molar refractivity (Wildman–Crippen MR) is 124 cm³/mol. The van der Waals surface area contributed by atoms with Gasteiger partial charge in [-0.3, -0.25) is 4.79 Å². The second-order valence-corrected chi connectivity index (χ2v) is 7.63. The van der Waals surface area contributed by atoms with Gasteiger partial charge in [-0.15, -0.1) is 10.2 Å². The first-order chi connectivity index (χ1) is 15.7. The number of rotatable bonds is 7. The molecule has 166 valence electrons. The summed E-state index contributed by atoms with van der Waals surface area (Å²) >= 11 is 0. The van der Waals surface area contributed by atoms with E-state index in [0.717, 1.165) is 47.2 Å². The number of nitrogens with zero attached hydrogens (tertiary/aromatic N) is 4. The van der Waals surface area contributed by atoms with Crippen molar-refractivity contribution in [2.24, 2.45) is 0 Å². The minimum Gasteiger partial charge on any atom is -0.497 e. The predicted octanol–water partition coefficient (Wildman–Crippen LogP) is 3.44. The first-order valence-electron chi connectivity index (χ1n) is 10.9. The number of hydrogen-bond donors (Lipinski definition) is 0. The van der Waals surface area contributed by atoms with Crippen molar-refractivity contribution in [1.82, 2.24) is 15.1 Å². The highest BCUT2D eigenvalue weighted by atomic mass is 16.5. The van der Waals surface area contributed by atoms with Crippen molar-refractivity contribution in [1.29, 1.82) is 0 Å². The fourth-order valence-corrected chi connectivity index (χ4v) is 3.75. The topological polar surface area (TPSA) is 67.8 Å². The summed E-state index contributed by atoms with van der Waals surface area (Å²) in [6.45, 7) is 5.43. The van der Waals surface area contributed by atoms with Gasteiger partial charge >= 0.3 is 0 Å². The molecule has 1 amide bonds. The number of hydrogen-bond acceptors (Lipinski definition) is 6. The lowest BCUT2D eigenvalue weighted by Crippen LogP contribution is -2.49. The highest BCUT2D eigenvalue weighted by molar-refractivity contribution is 5.79. The summed E-state index contributed by atoms with van der Waals surface area (Å²) in [6, 6.07) is 19.5. The van der Waals surface area contributed by atoms with Gasteiger partial charge in [0.15, 0.2) is 5.82 Å². The SMILES string of the molecule is CCOc1ccc(CC(=O)N2CCN(c3ccc(-c4ccc(OC)cc4)nn3)CC2)cc1. The molecule has 0 N–H and O–H groups in total. The summed E-state index contributed by atoms with van der Waals surface area (Å²) < 4.78 is 10.7. The largest absolute Gasteiger partial charge is 0.497 e. The van der Waals surface area contributed by atoms with Gasteiger partial charge in [-0.2, -0.15) is 0 Å². The van der Waals surface area contributed by atoms with Gasteiger partial charge in [-0.05, 0) is 61.0 Å². The zero-order valence-electron chi connectivity index (χ0n) is 18.5. The smallest absolute Gasteiger partial charge is 0.227 e. The maximum atomic E-state index is 12.7. The van der Waals surface area contributed by atoms with Crippen LogP contribution in [0.5, 0.6) is 11.5 Å². The number of piperazine rings is 1. The second kappa shape index (κ2) is 10.1. The lowest BCUT2D eigenvalue weighted by atomic mass is 10.1. The van der Waals surface area contributed by atoms with Crippen LogP contribution in [0.25, 0.3) is 11.3 Å². The van der Waals surface area contributed by atoms with Crippen molar-refractivity contribution in [3.63, 3.8) is 0 Å². The van der Waals surface area contributed by atoms with Crippen LogP contribution in [0.15, 0.2) is 60.7 Å². The van der Waals surface area contributed by atoms with Gasteiger partial charge in [0, 0.05) is 31.7 Å². The molecule has 0 atom stereocenters. The monoisotopic (exact) mass is 432 g/mol. The number of carbonyl (C=O) groups excluding carboxylic acids is 1. The van der Waals surface area contributed by atoms with Crippen LogP contribution in [0.1, 0.15) is 12.5 Å². The van der Waals surface area contributed by atoms with E-state index >= 15 is 0 Å². The number of ether oxygens (including phenoxy) is 2. The first-order valence-corrected chi connectivity index (χ1v) is 10.9. The molecule has 3 aromatic rings. The molecule has 0 spiro atoms. The van der Waals surface area contributed by atoms with E-state index in [1.54, 1.807) is 7.11 Å². The van der Waals surface area contributed by atoms with Crippen LogP contribution in [-0.4, -0.2) is 60.9 Å². The Hall–Kier alpha value is -3.61. The van der Waals surface area contributed by atoms with Gasteiger partial charge in [0.2, 0.25) is 5.91 Å². The van der Waals surface area contributed by atoms with Gasteiger partial charge in [0.25, 0.3) is 0 Å². The Morgan fingerprint density at radius 1 is 0.875 bits per heavy atom. The zero-order valence-corrected chi connectivity index (χ0v) is 18.5. The van der Waals surface area contributed by atoms with Crippen LogP contribution in [0, 0.1) is 0 Å². The molecule has 0 aliphatic carbocycles. The van der Waals surface area contributed by atoms with Crippen molar-refractivity contribution in [3.8, 4) is 22.8 Å². The zero-order chi connectivity index (χ0) is 22.3. The van der Waals surface area contributed by atoms with E-state index in [2.05, 4.69) is 15.1 Å². The van der Waals surface area contributed by atoms with E-state index in [1.165, 1.54) is 0 Å². The van der Waals surface area contributed by atoms with Crippen LogP contribution in [-0.2, 0) is 11.2 Å². The van der Waals surface area contributed by atoms with E-state index in [1.807, 2.05) is 72.5 Å². The van der Waals surface area contributed by atoms with Crippen LogP contribution in [0.3, 0.4) is 0 Å². The van der Waals surface area contributed by atoms with Gasteiger partial charge < -0.3 is 19.3 Å². The number of anilines is 1. The standard InChI is InChI=1S/C25H28N4O3/c1-3-32-22-8-4-19(5-9-22)18-25(30)29-16-14-28(15-17-29)24-13-12-23(26-27-24)20-6-10-21(31-2)11-7-20/h4-13H,3,14-18H2,1-2H3. The normalized spacial score (nSPS) is 13.7. The summed E-state index contributed by atoms with van der Waals surface area (Å²) in [4.78, 5) is 16.8. The lowest BCUT2D eigenvalue weighted by molar-refractivity contribution is -0.130. The number of methoxy groups -OCH3 is 1. The summed E-state index contributed by atoms with van der Waals surface area (Å²) in [5.74, 6) is 2.63. The van der Waals surface area contributed by atoms with Crippen LogP contribution in [0.2, 0.25) is 0 Å². The molecule has 4 rings (SSSR count). The molecule has 7 heteroatoms. The maximum Gasteiger partial charge on any atom is 0.227 e. The molecule has 32 heavy (non-hydrogen) atoms. The minimum atomic E-state index is 0.148. The highest BCUT2D eigenvalue weighted by Gasteiger charge is 2.22. The molecule has 2 aromatic carbocycles. The van der Waals surface area contributed by atoms with E-state index in [-0.39, 0.29) is 5.91 Å². The fourth-order valence-electron chi connectivity index (χ4n) is 3.75. The molecule has 0 bridgehead atoms. The average molecular weight is 433 g/mol. The lowest BCUT2D eigenvalue weighted by Gasteiger charge is -2.35. The molecule has 1 aliphatic heterocycles.